The second-order valence-electron chi connectivity index (χ2n) is 7.29. The van der Waals surface area contributed by atoms with Crippen molar-refractivity contribution in [3.05, 3.63) is 95.1 Å². The van der Waals surface area contributed by atoms with E-state index < -0.39 is 5.91 Å². The molecule has 3 aromatic carbocycles. The normalized spacial score (nSPS) is 10.8. The summed E-state index contributed by atoms with van der Waals surface area (Å²) < 4.78 is 15.0. The number of aryl methyl sites for hydroxylation is 3. The summed E-state index contributed by atoms with van der Waals surface area (Å²) in [5.41, 5.74) is 5.20. The molecule has 0 saturated heterocycles. The Morgan fingerprint density at radius 2 is 1.67 bits per heavy atom. The maximum absolute atomic E-state index is 13.4. The molecular weight excluding hydrogens is 379 g/mol. The highest BCUT2D eigenvalue weighted by atomic mass is 19.1. The standard InChI is InChI=1S/C24H21FN4O/c1-15-5-4-6-18(13-15)23-27-22(28-29(23)20-11-9-19(25)10-12-20)24(30)26-21-14-16(2)7-8-17(21)3/h4-14H,1-3H3,(H,26,30). The Morgan fingerprint density at radius 1 is 0.933 bits per heavy atom. The molecule has 1 amide bonds. The minimum Gasteiger partial charge on any atom is -0.319 e. The molecule has 0 saturated carbocycles. The van der Waals surface area contributed by atoms with Crippen LogP contribution < -0.4 is 5.32 Å². The lowest BCUT2D eigenvalue weighted by Crippen LogP contribution is -2.15. The molecule has 0 aliphatic rings. The first-order valence-corrected chi connectivity index (χ1v) is 9.59. The fourth-order valence-corrected chi connectivity index (χ4v) is 3.19. The number of amides is 1. The summed E-state index contributed by atoms with van der Waals surface area (Å²) in [6, 6.07) is 19.5. The fourth-order valence-electron chi connectivity index (χ4n) is 3.19. The van der Waals surface area contributed by atoms with Crippen LogP contribution in [0.5, 0.6) is 0 Å². The van der Waals surface area contributed by atoms with Gasteiger partial charge < -0.3 is 5.32 Å². The molecule has 6 heteroatoms. The van der Waals surface area contributed by atoms with Gasteiger partial charge in [0.15, 0.2) is 5.82 Å². The molecular formula is C24H21FN4O. The average molecular weight is 400 g/mol. The predicted molar refractivity (Wildman–Crippen MR) is 115 cm³/mol. The van der Waals surface area contributed by atoms with Gasteiger partial charge in [-0.15, -0.1) is 5.10 Å². The van der Waals surface area contributed by atoms with E-state index in [1.165, 1.54) is 12.1 Å². The number of aromatic nitrogens is 3. The molecule has 0 unspecified atom stereocenters. The van der Waals surface area contributed by atoms with Gasteiger partial charge in [-0.25, -0.2) is 14.1 Å². The molecule has 0 radical (unpaired) electrons. The summed E-state index contributed by atoms with van der Waals surface area (Å²) in [6.45, 7) is 5.88. The van der Waals surface area contributed by atoms with Crippen LogP contribution in [0.3, 0.4) is 0 Å². The molecule has 0 atom stereocenters. The van der Waals surface area contributed by atoms with Gasteiger partial charge in [0.2, 0.25) is 5.82 Å². The SMILES string of the molecule is Cc1cccc(-c2nc(C(=O)Nc3cc(C)ccc3C)nn2-c2ccc(F)cc2)c1. The lowest BCUT2D eigenvalue weighted by molar-refractivity contribution is 0.101. The lowest BCUT2D eigenvalue weighted by Gasteiger charge is -2.07. The van der Waals surface area contributed by atoms with Crippen molar-refractivity contribution >= 4 is 11.6 Å². The van der Waals surface area contributed by atoms with Crippen LogP contribution in [0.1, 0.15) is 27.3 Å². The zero-order chi connectivity index (χ0) is 21.3. The quantitative estimate of drug-likeness (QED) is 0.509. The maximum atomic E-state index is 13.4. The molecule has 0 spiro atoms. The van der Waals surface area contributed by atoms with E-state index in [0.717, 1.165) is 27.9 Å². The van der Waals surface area contributed by atoms with Gasteiger partial charge in [0, 0.05) is 11.3 Å². The Hall–Kier alpha value is -3.80. The first-order valence-electron chi connectivity index (χ1n) is 9.59. The number of rotatable bonds is 4. The third-order valence-corrected chi connectivity index (χ3v) is 4.80. The van der Waals surface area contributed by atoms with Crippen LogP contribution in [0.2, 0.25) is 0 Å². The number of anilines is 1. The van der Waals surface area contributed by atoms with Crippen LogP contribution in [-0.4, -0.2) is 20.7 Å². The molecule has 0 bridgehead atoms. The van der Waals surface area contributed by atoms with Crippen molar-refractivity contribution in [3.8, 4) is 17.1 Å². The zero-order valence-electron chi connectivity index (χ0n) is 17.0. The Labute approximate surface area is 174 Å². The number of carbonyl (C=O) groups is 1. The number of nitrogens with zero attached hydrogens (tertiary/aromatic N) is 3. The van der Waals surface area contributed by atoms with E-state index >= 15 is 0 Å². The maximum Gasteiger partial charge on any atom is 0.295 e. The van der Waals surface area contributed by atoms with Gasteiger partial charge in [0.25, 0.3) is 5.91 Å². The Morgan fingerprint density at radius 3 is 2.40 bits per heavy atom. The second kappa shape index (κ2) is 7.91. The van der Waals surface area contributed by atoms with E-state index in [0.29, 0.717) is 11.5 Å². The molecule has 4 aromatic rings. The monoisotopic (exact) mass is 400 g/mol. The van der Waals surface area contributed by atoms with Crippen LogP contribution >= 0.6 is 0 Å². The van der Waals surface area contributed by atoms with Crippen molar-refractivity contribution < 1.29 is 9.18 Å². The zero-order valence-corrected chi connectivity index (χ0v) is 17.0. The van der Waals surface area contributed by atoms with Crippen LogP contribution in [0.15, 0.2) is 66.7 Å². The van der Waals surface area contributed by atoms with E-state index in [1.807, 2.05) is 63.2 Å². The van der Waals surface area contributed by atoms with Crippen molar-refractivity contribution in [2.75, 3.05) is 5.32 Å². The average Bonchev–Trinajstić information content (AvgIpc) is 3.17. The summed E-state index contributed by atoms with van der Waals surface area (Å²) >= 11 is 0. The molecule has 1 N–H and O–H groups in total. The molecule has 30 heavy (non-hydrogen) atoms. The van der Waals surface area contributed by atoms with Gasteiger partial charge in [0.05, 0.1) is 5.69 Å². The Bertz CT molecular complexity index is 1230. The van der Waals surface area contributed by atoms with Crippen molar-refractivity contribution in [2.45, 2.75) is 20.8 Å². The van der Waals surface area contributed by atoms with Gasteiger partial charge in [-0.3, -0.25) is 4.79 Å². The van der Waals surface area contributed by atoms with Gasteiger partial charge in [0.1, 0.15) is 5.82 Å². The highest BCUT2D eigenvalue weighted by Crippen LogP contribution is 2.23. The number of nitrogens with one attached hydrogen (secondary N) is 1. The predicted octanol–water partition coefficient (Wildman–Crippen LogP) is 5.25. The largest absolute Gasteiger partial charge is 0.319 e. The van der Waals surface area contributed by atoms with E-state index in [1.54, 1.807) is 16.8 Å². The van der Waals surface area contributed by atoms with Gasteiger partial charge in [-0.2, -0.15) is 0 Å². The topological polar surface area (TPSA) is 59.8 Å². The second-order valence-corrected chi connectivity index (χ2v) is 7.29. The van der Waals surface area contributed by atoms with Gasteiger partial charge in [-0.05, 0) is 68.3 Å². The summed E-state index contributed by atoms with van der Waals surface area (Å²) in [4.78, 5) is 17.4. The molecule has 1 heterocycles. The van der Waals surface area contributed by atoms with E-state index in [4.69, 9.17) is 0 Å². The van der Waals surface area contributed by atoms with Crippen LogP contribution in [-0.2, 0) is 0 Å². The van der Waals surface area contributed by atoms with Crippen molar-refractivity contribution in [1.29, 1.82) is 0 Å². The highest BCUT2D eigenvalue weighted by molar-refractivity contribution is 6.02. The smallest absolute Gasteiger partial charge is 0.295 e. The minimum atomic E-state index is -0.404. The van der Waals surface area contributed by atoms with Crippen LogP contribution in [0.4, 0.5) is 10.1 Å². The first kappa shape index (κ1) is 19.5. The highest BCUT2D eigenvalue weighted by Gasteiger charge is 2.19. The molecule has 150 valence electrons. The van der Waals surface area contributed by atoms with Crippen LogP contribution in [0.25, 0.3) is 17.1 Å². The lowest BCUT2D eigenvalue weighted by atomic mass is 10.1. The number of hydrogen-bond donors (Lipinski definition) is 1. The third kappa shape index (κ3) is 3.98. The van der Waals surface area contributed by atoms with E-state index in [-0.39, 0.29) is 11.6 Å². The number of hydrogen-bond acceptors (Lipinski definition) is 3. The van der Waals surface area contributed by atoms with Gasteiger partial charge >= 0.3 is 0 Å². The summed E-state index contributed by atoms with van der Waals surface area (Å²) in [5.74, 6) is -0.199. The van der Waals surface area contributed by atoms with E-state index in [2.05, 4.69) is 15.4 Å². The summed E-state index contributed by atoms with van der Waals surface area (Å²) in [7, 11) is 0. The number of carbonyl (C=O) groups excluding carboxylic acids is 1. The fraction of sp³-hybridized carbons (Fsp3) is 0.125. The van der Waals surface area contributed by atoms with Crippen molar-refractivity contribution in [2.24, 2.45) is 0 Å². The molecule has 0 fully saturated rings. The Balaban J connectivity index is 1.77. The molecule has 0 aliphatic heterocycles. The van der Waals surface area contributed by atoms with Crippen molar-refractivity contribution in [3.63, 3.8) is 0 Å². The molecule has 1 aromatic heterocycles. The number of halogens is 1. The molecule has 4 rings (SSSR count). The minimum absolute atomic E-state index is 0.0386. The first-order chi connectivity index (χ1) is 14.4. The Kier molecular flexibility index (Phi) is 5.14. The van der Waals surface area contributed by atoms with Crippen LogP contribution in [0, 0.1) is 26.6 Å². The van der Waals surface area contributed by atoms with E-state index in [9.17, 15) is 9.18 Å². The van der Waals surface area contributed by atoms with Crippen molar-refractivity contribution in [1.82, 2.24) is 14.8 Å². The van der Waals surface area contributed by atoms with Gasteiger partial charge in [-0.1, -0.05) is 35.9 Å². The molecule has 5 nitrogen and oxygen atoms in total. The summed E-state index contributed by atoms with van der Waals surface area (Å²) in [6.07, 6.45) is 0. The molecule has 0 aliphatic carbocycles. The number of benzene rings is 3. The third-order valence-electron chi connectivity index (χ3n) is 4.80. The summed E-state index contributed by atoms with van der Waals surface area (Å²) in [5, 5.41) is 7.33.